The van der Waals surface area contributed by atoms with Crippen LogP contribution in [0.1, 0.15) is 13.8 Å². The molecule has 52 valence electrons. The first-order chi connectivity index (χ1) is 4.13. The fraction of sp³-hybridized carbons (Fsp3) is 0.333. The molecule has 0 heterocycles. The molecule has 0 bridgehead atoms. The van der Waals surface area contributed by atoms with Crippen molar-refractivity contribution >= 4 is 11.8 Å². The highest BCUT2D eigenvalue weighted by atomic mass is 32.2. The first-order valence-electron chi connectivity index (χ1n) is 2.50. The highest BCUT2D eigenvalue weighted by molar-refractivity contribution is 8.04. The van der Waals surface area contributed by atoms with Crippen molar-refractivity contribution in [2.45, 2.75) is 13.8 Å². The number of hydrogen-bond acceptors (Lipinski definition) is 3. The minimum Gasteiger partial charge on any atom is -0.512 e. The van der Waals surface area contributed by atoms with Crippen LogP contribution < -0.4 is 0 Å². The molecule has 0 aliphatic heterocycles. The van der Waals surface area contributed by atoms with Crippen molar-refractivity contribution in [3.63, 3.8) is 0 Å². The molecule has 0 rings (SSSR count). The third kappa shape index (κ3) is 7.43. The van der Waals surface area contributed by atoms with E-state index in [1.165, 1.54) is 11.8 Å². The van der Waals surface area contributed by atoms with E-state index in [-0.39, 0.29) is 11.5 Å². The molecule has 0 spiro atoms. The van der Waals surface area contributed by atoms with Gasteiger partial charge in [0.1, 0.15) is 0 Å². The number of aliphatic hydroxyl groups is 2. The van der Waals surface area contributed by atoms with Crippen LogP contribution in [0, 0.1) is 0 Å². The van der Waals surface area contributed by atoms with E-state index in [2.05, 4.69) is 0 Å². The summed E-state index contributed by atoms with van der Waals surface area (Å²) < 4.78 is 0. The van der Waals surface area contributed by atoms with Gasteiger partial charge in [0.05, 0.1) is 11.5 Å². The zero-order valence-electron chi connectivity index (χ0n) is 5.46. The van der Waals surface area contributed by atoms with Crippen LogP contribution in [0.3, 0.4) is 0 Å². The summed E-state index contributed by atoms with van der Waals surface area (Å²) in [6, 6.07) is 0. The number of aliphatic hydroxyl groups excluding tert-OH is 2. The summed E-state index contributed by atoms with van der Waals surface area (Å²) >= 11 is 1.25. The molecule has 0 atom stereocenters. The van der Waals surface area contributed by atoms with Gasteiger partial charge in [-0.05, 0) is 13.8 Å². The van der Waals surface area contributed by atoms with E-state index < -0.39 is 0 Å². The summed E-state index contributed by atoms with van der Waals surface area (Å²) in [6.07, 6.45) is 0. The number of rotatable bonds is 2. The van der Waals surface area contributed by atoms with Gasteiger partial charge in [0.2, 0.25) is 0 Å². The van der Waals surface area contributed by atoms with Crippen LogP contribution in [-0.4, -0.2) is 10.2 Å². The summed E-state index contributed by atoms with van der Waals surface area (Å²) in [5, 5.41) is 20.3. The normalized spacial score (nSPS) is 14.0. The monoisotopic (exact) mass is 146 g/mol. The number of allylic oxidation sites excluding steroid dienone is 2. The van der Waals surface area contributed by atoms with Crippen molar-refractivity contribution in [2.24, 2.45) is 0 Å². The molecule has 0 fully saturated rings. The van der Waals surface area contributed by atoms with Crippen molar-refractivity contribution in [3.8, 4) is 0 Å². The Labute approximate surface area is 58.9 Å². The summed E-state index contributed by atoms with van der Waals surface area (Å²) in [4.78, 5) is 0. The van der Waals surface area contributed by atoms with Gasteiger partial charge in [0, 0.05) is 10.8 Å². The van der Waals surface area contributed by atoms with Crippen LogP contribution in [0.5, 0.6) is 0 Å². The number of thioether (sulfide) groups is 1. The zero-order valence-corrected chi connectivity index (χ0v) is 6.27. The van der Waals surface area contributed by atoms with Crippen molar-refractivity contribution in [2.75, 3.05) is 0 Å². The van der Waals surface area contributed by atoms with E-state index in [9.17, 15) is 0 Å². The molecule has 0 aliphatic rings. The van der Waals surface area contributed by atoms with Crippen LogP contribution in [-0.2, 0) is 0 Å². The Balaban J connectivity index is 3.53. The second kappa shape index (κ2) is 4.32. The van der Waals surface area contributed by atoms with E-state index in [1.807, 2.05) is 0 Å². The molecular weight excluding hydrogens is 136 g/mol. The third-order valence-corrected chi connectivity index (χ3v) is 1.43. The van der Waals surface area contributed by atoms with Crippen LogP contribution in [0.15, 0.2) is 22.3 Å². The Kier molecular flexibility index (Phi) is 4.05. The highest BCUT2D eigenvalue weighted by Gasteiger charge is 1.79. The van der Waals surface area contributed by atoms with Crippen molar-refractivity contribution in [3.05, 3.63) is 22.3 Å². The molecule has 3 heteroatoms. The molecule has 0 radical (unpaired) electrons. The van der Waals surface area contributed by atoms with Gasteiger partial charge in [0.25, 0.3) is 0 Å². The third-order valence-electron chi connectivity index (χ3n) is 0.477. The molecule has 9 heavy (non-hydrogen) atoms. The topological polar surface area (TPSA) is 40.5 Å². The lowest BCUT2D eigenvalue weighted by molar-refractivity contribution is 0.416. The van der Waals surface area contributed by atoms with Crippen molar-refractivity contribution < 1.29 is 10.2 Å². The van der Waals surface area contributed by atoms with E-state index in [1.54, 1.807) is 24.7 Å². The van der Waals surface area contributed by atoms with E-state index in [0.717, 1.165) is 0 Å². The SMILES string of the molecule is CC(O)=CSC=C(C)O. The Hall–Kier alpha value is -0.570. The Morgan fingerprint density at radius 3 is 1.67 bits per heavy atom. The lowest BCUT2D eigenvalue weighted by Gasteiger charge is -1.86. The van der Waals surface area contributed by atoms with Gasteiger partial charge in [-0.1, -0.05) is 11.8 Å². The first kappa shape index (κ1) is 8.43. The van der Waals surface area contributed by atoms with Gasteiger partial charge in [-0.15, -0.1) is 0 Å². The molecule has 0 aromatic rings. The molecule has 2 N–H and O–H groups in total. The van der Waals surface area contributed by atoms with Gasteiger partial charge in [-0.3, -0.25) is 0 Å². The Morgan fingerprint density at radius 2 is 1.44 bits per heavy atom. The van der Waals surface area contributed by atoms with E-state index in [0.29, 0.717) is 0 Å². The maximum Gasteiger partial charge on any atom is 0.0957 e. The quantitative estimate of drug-likeness (QED) is 0.588. The Morgan fingerprint density at radius 1 is 1.11 bits per heavy atom. The molecular formula is C6H10O2S. The van der Waals surface area contributed by atoms with Crippen molar-refractivity contribution in [1.29, 1.82) is 0 Å². The average Bonchev–Trinajstić information content (AvgIpc) is 1.63. The van der Waals surface area contributed by atoms with Gasteiger partial charge in [-0.25, -0.2) is 0 Å². The largest absolute Gasteiger partial charge is 0.512 e. The summed E-state index contributed by atoms with van der Waals surface area (Å²) in [6.45, 7) is 3.15. The first-order valence-corrected chi connectivity index (χ1v) is 3.44. The molecule has 0 saturated heterocycles. The van der Waals surface area contributed by atoms with E-state index in [4.69, 9.17) is 10.2 Å². The van der Waals surface area contributed by atoms with Crippen molar-refractivity contribution in [1.82, 2.24) is 0 Å². The van der Waals surface area contributed by atoms with Crippen LogP contribution >= 0.6 is 11.8 Å². The van der Waals surface area contributed by atoms with Gasteiger partial charge < -0.3 is 10.2 Å². The fourth-order valence-corrected chi connectivity index (χ4v) is 0.693. The predicted octanol–water partition coefficient (Wildman–Crippen LogP) is 2.56. The van der Waals surface area contributed by atoms with Crippen LogP contribution in [0.4, 0.5) is 0 Å². The number of hydrogen-bond donors (Lipinski definition) is 2. The van der Waals surface area contributed by atoms with Gasteiger partial charge in [0.15, 0.2) is 0 Å². The van der Waals surface area contributed by atoms with Crippen LogP contribution in [0.25, 0.3) is 0 Å². The van der Waals surface area contributed by atoms with Gasteiger partial charge >= 0.3 is 0 Å². The zero-order chi connectivity index (χ0) is 7.28. The Bertz CT molecular complexity index is 114. The lowest BCUT2D eigenvalue weighted by Crippen LogP contribution is -1.66. The summed E-state index contributed by atoms with van der Waals surface area (Å²) in [7, 11) is 0. The lowest BCUT2D eigenvalue weighted by atomic mass is 10.7. The molecule has 2 nitrogen and oxygen atoms in total. The summed E-state index contributed by atoms with van der Waals surface area (Å²) in [5.74, 6) is 0.495. The highest BCUT2D eigenvalue weighted by Crippen LogP contribution is 2.08. The smallest absolute Gasteiger partial charge is 0.0957 e. The second-order valence-corrected chi connectivity index (χ2v) is 2.40. The second-order valence-electron chi connectivity index (χ2n) is 1.65. The predicted molar refractivity (Wildman–Crippen MR) is 40.4 cm³/mol. The fourth-order valence-electron chi connectivity index (χ4n) is 0.231. The standard InChI is InChI=1S/C6H10O2S/c1-5(7)3-9-4-6(2)8/h3-4,7-8H,1-2H3. The maximum absolute atomic E-state index is 8.59. The molecule has 0 aromatic heterocycles. The van der Waals surface area contributed by atoms with E-state index >= 15 is 0 Å². The molecule has 0 unspecified atom stereocenters. The van der Waals surface area contributed by atoms with Crippen LogP contribution in [0.2, 0.25) is 0 Å². The minimum atomic E-state index is 0.248. The molecule has 0 saturated carbocycles. The average molecular weight is 146 g/mol. The molecule has 0 amide bonds. The molecule has 0 aromatic carbocycles. The molecule has 0 aliphatic carbocycles. The summed E-state index contributed by atoms with van der Waals surface area (Å²) in [5.41, 5.74) is 0. The minimum absolute atomic E-state index is 0.248. The maximum atomic E-state index is 8.59. The van der Waals surface area contributed by atoms with Gasteiger partial charge in [-0.2, -0.15) is 0 Å².